The Bertz CT molecular complexity index is 191. The molecule has 0 spiro atoms. The van der Waals surface area contributed by atoms with Crippen LogP contribution in [0.15, 0.2) is 4.99 Å². The van der Waals surface area contributed by atoms with Crippen molar-refractivity contribution in [1.82, 2.24) is 0 Å². The largest absolute Gasteiger partial charge is 0.310 e. The first-order chi connectivity index (χ1) is 6.79. The van der Waals surface area contributed by atoms with Crippen molar-refractivity contribution < 1.29 is 0 Å². The minimum Gasteiger partial charge on any atom is -0.310 e. The number of aliphatic imine (C=N–C) groups is 1. The van der Waals surface area contributed by atoms with Crippen molar-refractivity contribution in [2.24, 2.45) is 16.8 Å². The van der Waals surface area contributed by atoms with Gasteiger partial charge >= 0.3 is 0 Å². The maximum absolute atomic E-state index is 7.02. The number of nitrogens with one attached hydrogen (secondary N) is 1. The predicted molar refractivity (Wildman–Crippen MR) is 71.3 cm³/mol. The lowest BCUT2D eigenvalue weighted by Crippen LogP contribution is -1.96. The lowest BCUT2D eigenvalue weighted by Gasteiger charge is -2.00. The van der Waals surface area contributed by atoms with Crippen LogP contribution in [0.5, 0.6) is 0 Å². The topological polar surface area (TPSA) is 36.2 Å². The molecule has 0 saturated carbocycles. The quantitative estimate of drug-likeness (QED) is 0.678. The standard InChI is InChI=1S/C7H15N.C6H13N/c1-6(2)5-7(3)8-4;1-5(2)4-6(3)7/h6H,5H2,1-4H3;5,7H,4H2,1-3H3. The van der Waals surface area contributed by atoms with E-state index in [9.17, 15) is 0 Å². The van der Waals surface area contributed by atoms with Crippen molar-refractivity contribution in [1.29, 1.82) is 5.41 Å². The van der Waals surface area contributed by atoms with E-state index in [4.69, 9.17) is 5.41 Å². The number of nitrogens with zero attached hydrogens (tertiary/aromatic N) is 1. The minimum atomic E-state index is 0.650. The number of hydrogen-bond acceptors (Lipinski definition) is 2. The highest BCUT2D eigenvalue weighted by molar-refractivity contribution is 5.81. The van der Waals surface area contributed by atoms with Crippen LogP contribution in [0.3, 0.4) is 0 Å². The van der Waals surface area contributed by atoms with Gasteiger partial charge in [0.1, 0.15) is 0 Å². The lowest BCUT2D eigenvalue weighted by molar-refractivity contribution is 0.680. The summed E-state index contributed by atoms with van der Waals surface area (Å²) in [5, 5.41) is 7.02. The van der Waals surface area contributed by atoms with E-state index in [-0.39, 0.29) is 0 Å². The third-order valence-corrected chi connectivity index (χ3v) is 1.80. The average Bonchev–Trinajstić information content (AvgIpc) is 2.01. The molecular formula is C13H28N2. The highest BCUT2D eigenvalue weighted by Gasteiger charge is 1.93. The fourth-order valence-corrected chi connectivity index (χ4v) is 1.29. The molecule has 90 valence electrons. The molecule has 0 unspecified atom stereocenters. The van der Waals surface area contributed by atoms with Gasteiger partial charge in [-0.3, -0.25) is 4.99 Å². The van der Waals surface area contributed by atoms with Gasteiger partial charge in [-0.15, -0.1) is 0 Å². The fraction of sp³-hybridized carbons (Fsp3) is 0.846. The van der Waals surface area contributed by atoms with Gasteiger partial charge in [0.15, 0.2) is 0 Å². The summed E-state index contributed by atoms with van der Waals surface area (Å²) in [5.41, 5.74) is 2.04. The second-order valence-electron chi connectivity index (χ2n) is 4.94. The second kappa shape index (κ2) is 9.88. The van der Waals surface area contributed by atoms with Crippen LogP contribution in [0.4, 0.5) is 0 Å². The Labute approximate surface area is 95.7 Å². The van der Waals surface area contributed by atoms with Crippen molar-refractivity contribution in [3.63, 3.8) is 0 Å². The van der Waals surface area contributed by atoms with Gasteiger partial charge in [0, 0.05) is 18.5 Å². The average molecular weight is 212 g/mol. The van der Waals surface area contributed by atoms with Gasteiger partial charge in [0.25, 0.3) is 0 Å². The van der Waals surface area contributed by atoms with Crippen molar-refractivity contribution in [3.05, 3.63) is 0 Å². The van der Waals surface area contributed by atoms with Crippen molar-refractivity contribution >= 4 is 11.4 Å². The minimum absolute atomic E-state index is 0.650. The van der Waals surface area contributed by atoms with Crippen molar-refractivity contribution in [3.8, 4) is 0 Å². The Balaban J connectivity index is 0. The number of rotatable bonds is 4. The lowest BCUT2D eigenvalue weighted by atomic mass is 10.1. The molecule has 2 nitrogen and oxygen atoms in total. The molecule has 0 aliphatic heterocycles. The first kappa shape index (κ1) is 16.8. The van der Waals surface area contributed by atoms with Crippen LogP contribution >= 0.6 is 0 Å². The molecule has 0 aromatic heterocycles. The summed E-state index contributed by atoms with van der Waals surface area (Å²) in [4.78, 5) is 4.05. The molecule has 0 bridgehead atoms. The van der Waals surface area contributed by atoms with Gasteiger partial charge in [0.2, 0.25) is 0 Å². The Kier molecular flexibility index (Phi) is 11.0. The Hall–Kier alpha value is -0.660. The normalized spacial score (nSPS) is 11.4. The van der Waals surface area contributed by atoms with E-state index in [1.807, 2.05) is 14.0 Å². The Morgan fingerprint density at radius 3 is 1.47 bits per heavy atom. The van der Waals surface area contributed by atoms with E-state index in [2.05, 4.69) is 39.6 Å². The van der Waals surface area contributed by atoms with Gasteiger partial charge in [-0.1, -0.05) is 27.7 Å². The molecule has 0 atom stereocenters. The molecular weight excluding hydrogens is 184 g/mol. The monoisotopic (exact) mass is 212 g/mol. The van der Waals surface area contributed by atoms with Gasteiger partial charge in [-0.2, -0.15) is 0 Å². The van der Waals surface area contributed by atoms with Crippen LogP contribution in [0.1, 0.15) is 54.4 Å². The summed E-state index contributed by atoms with van der Waals surface area (Å²) in [6.45, 7) is 12.6. The van der Waals surface area contributed by atoms with Crippen LogP contribution in [0.25, 0.3) is 0 Å². The third kappa shape index (κ3) is 19.7. The highest BCUT2D eigenvalue weighted by atomic mass is 14.7. The highest BCUT2D eigenvalue weighted by Crippen LogP contribution is 1.99. The maximum Gasteiger partial charge on any atom is 0.0276 e. The zero-order valence-electron chi connectivity index (χ0n) is 11.5. The van der Waals surface area contributed by atoms with E-state index in [0.29, 0.717) is 5.92 Å². The Morgan fingerprint density at radius 1 is 1.00 bits per heavy atom. The molecule has 2 heteroatoms. The molecule has 0 saturated heterocycles. The maximum atomic E-state index is 7.02. The van der Waals surface area contributed by atoms with E-state index < -0.39 is 0 Å². The van der Waals surface area contributed by atoms with Gasteiger partial charge in [-0.25, -0.2) is 0 Å². The van der Waals surface area contributed by atoms with Crippen molar-refractivity contribution in [2.45, 2.75) is 54.4 Å². The SMILES string of the molecule is CC(=N)CC(C)C.CN=C(C)CC(C)C. The summed E-state index contributed by atoms with van der Waals surface area (Å²) in [6.07, 6.45) is 2.08. The Morgan fingerprint density at radius 2 is 1.40 bits per heavy atom. The van der Waals surface area contributed by atoms with E-state index in [1.165, 1.54) is 5.71 Å². The summed E-state index contributed by atoms with van der Waals surface area (Å²) in [5.74, 6) is 1.40. The summed E-state index contributed by atoms with van der Waals surface area (Å²) in [6, 6.07) is 0. The molecule has 0 radical (unpaired) electrons. The molecule has 0 rings (SSSR count). The number of hydrogen-bond donors (Lipinski definition) is 1. The van der Waals surface area contributed by atoms with Gasteiger partial charge in [0.05, 0.1) is 0 Å². The predicted octanol–water partition coefficient (Wildman–Crippen LogP) is 4.20. The first-order valence-electron chi connectivity index (χ1n) is 5.75. The van der Waals surface area contributed by atoms with Gasteiger partial charge < -0.3 is 5.41 Å². The summed E-state index contributed by atoms with van der Waals surface area (Å²) in [7, 11) is 1.84. The van der Waals surface area contributed by atoms with Crippen LogP contribution in [0.2, 0.25) is 0 Å². The summed E-state index contributed by atoms with van der Waals surface area (Å²) < 4.78 is 0. The molecule has 15 heavy (non-hydrogen) atoms. The van der Waals surface area contributed by atoms with Crippen LogP contribution < -0.4 is 0 Å². The zero-order chi connectivity index (χ0) is 12.4. The smallest absolute Gasteiger partial charge is 0.0276 e. The molecule has 0 aliphatic carbocycles. The van der Waals surface area contributed by atoms with Crippen LogP contribution in [-0.4, -0.2) is 18.5 Å². The van der Waals surface area contributed by atoms with E-state index in [0.717, 1.165) is 24.5 Å². The third-order valence-electron chi connectivity index (χ3n) is 1.80. The molecule has 0 aromatic carbocycles. The molecule has 0 aliphatic rings. The van der Waals surface area contributed by atoms with Gasteiger partial charge in [-0.05, 0) is 38.5 Å². The first-order valence-corrected chi connectivity index (χ1v) is 5.75. The van der Waals surface area contributed by atoms with E-state index in [1.54, 1.807) is 0 Å². The molecule has 0 fully saturated rings. The summed E-state index contributed by atoms with van der Waals surface area (Å²) >= 11 is 0. The van der Waals surface area contributed by atoms with Crippen LogP contribution in [0, 0.1) is 17.2 Å². The molecule has 0 heterocycles. The molecule has 1 N–H and O–H groups in total. The zero-order valence-corrected chi connectivity index (χ0v) is 11.5. The second-order valence-corrected chi connectivity index (χ2v) is 4.94. The fourth-order valence-electron chi connectivity index (χ4n) is 1.29. The molecule has 0 aromatic rings. The van der Waals surface area contributed by atoms with Crippen molar-refractivity contribution in [2.75, 3.05) is 7.05 Å². The van der Waals surface area contributed by atoms with E-state index >= 15 is 0 Å². The van der Waals surface area contributed by atoms with Crippen LogP contribution in [-0.2, 0) is 0 Å². The molecule has 0 amide bonds.